The Morgan fingerprint density at radius 2 is 1.74 bits per heavy atom. The van der Waals surface area contributed by atoms with Gasteiger partial charge in [-0.1, -0.05) is 36.4 Å². The Morgan fingerprint density at radius 1 is 1.03 bits per heavy atom. The number of carboxylic acids is 1. The molecule has 3 aromatic carbocycles. The molecular formula is C35H42O4. The van der Waals surface area contributed by atoms with E-state index in [1.54, 1.807) is 13.8 Å². The van der Waals surface area contributed by atoms with Crippen LogP contribution in [0.25, 0.3) is 11.1 Å². The van der Waals surface area contributed by atoms with Gasteiger partial charge in [0.05, 0.1) is 18.6 Å². The maximum atomic E-state index is 11.5. The molecule has 4 heteroatoms. The number of benzene rings is 3. The van der Waals surface area contributed by atoms with Crippen molar-refractivity contribution >= 4 is 5.97 Å². The molecule has 1 saturated carbocycles. The van der Waals surface area contributed by atoms with Gasteiger partial charge >= 0.3 is 5.97 Å². The van der Waals surface area contributed by atoms with Crippen molar-refractivity contribution in [2.24, 2.45) is 5.41 Å². The van der Waals surface area contributed by atoms with Crippen molar-refractivity contribution in [3.05, 3.63) is 87.5 Å². The quantitative estimate of drug-likeness (QED) is 0.287. The van der Waals surface area contributed by atoms with Crippen LogP contribution in [0, 0.1) is 26.2 Å². The summed E-state index contributed by atoms with van der Waals surface area (Å²) in [5, 5.41) is 19.4. The molecule has 0 radical (unpaired) electrons. The smallest absolute Gasteiger partial charge is 0.303 e. The van der Waals surface area contributed by atoms with Crippen molar-refractivity contribution in [3.63, 3.8) is 0 Å². The molecule has 39 heavy (non-hydrogen) atoms. The number of ether oxygens (including phenoxy) is 1. The molecule has 0 aromatic heterocycles. The molecule has 1 unspecified atom stereocenters. The zero-order chi connectivity index (χ0) is 27.9. The van der Waals surface area contributed by atoms with Crippen molar-refractivity contribution in [2.45, 2.75) is 91.1 Å². The highest BCUT2D eigenvalue weighted by Gasteiger charge is 2.54. The zero-order valence-corrected chi connectivity index (χ0v) is 24.1. The second-order valence-electron chi connectivity index (χ2n) is 12.7. The van der Waals surface area contributed by atoms with Crippen molar-refractivity contribution in [3.8, 4) is 16.9 Å². The first kappa shape index (κ1) is 27.5. The number of fused-ring (bicyclic) bond motifs is 1. The van der Waals surface area contributed by atoms with Gasteiger partial charge in [-0.15, -0.1) is 0 Å². The Hall–Kier alpha value is -3.11. The van der Waals surface area contributed by atoms with E-state index in [9.17, 15) is 15.0 Å². The molecule has 2 aliphatic carbocycles. The lowest BCUT2D eigenvalue weighted by atomic mass is 9.86. The fourth-order valence-corrected chi connectivity index (χ4v) is 6.68. The van der Waals surface area contributed by atoms with Gasteiger partial charge < -0.3 is 14.9 Å². The monoisotopic (exact) mass is 526 g/mol. The topological polar surface area (TPSA) is 66.8 Å². The van der Waals surface area contributed by atoms with Gasteiger partial charge in [0.15, 0.2) is 0 Å². The third-order valence-corrected chi connectivity index (χ3v) is 9.02. The number of aliphatic hydroxyl groups is 1. The molecule has 1 fully saturated rings. The van der Waals surface area contributed by atoms with Crippen LogP contribution in [0.5, 0.6) is 5.75 Å². The van der Waals surface area contributed by atoms with Crippen molar-refractivity contribution in [1.29, 1.82) is 0 Å². The molecule has 0 amide bonds. The second kappa shape index (κ2) is 10.5. The van der Waals surface area contributed by atoms with E-state index in [1.807, 2.05) is 0 Å². The minimum atomic E-state index is -0.733. The molecule has 2 aliphatic rings. The molecule has 0 saturated heterocycles. The Bertz CT molecular complexity index is 1370. The van der Waals surface area contributed by atoms with E-state index in [0.29, 0.717) is 13.0 Å². The summed E-state index contributed by atoms with van der Waals surface area (Å²) in [4.78, 5) is 11.5. The van der Waals surface area contributed by atoms with E-state index in [1.165, 1.54) is 50.1 Å². The lowest BCUT2D eigenvalue weighted by molar-refractivity contribution is -0.137. The molecule has 5 rings (SSSR count). The first-order valence-electron chi connectivity index (χ1n) is 14.3. The Balaban J connectivity index is 1.31. The lowest BCUT2D eigenvalue weighted by Crippen LogP contribution is -2.21. The zero-order valence-electron chi connectivity index (χ0n) is 24.1. The van der Waals surface area contributed by atoms with Crippen LogP contribution in [0.4, 0.5) is 0 Å². The van der Waals surface area contributed by atoms with Crippen LogP contribution in [0.2, 0.25) is 0 Å². The van der Waals surface area contributed by atoms with E-state index in [-0.39, 0.29) is 17.8 Å². The maximum Gasteiger partial charge on any atom is 0.303 e. The van der Waals surface area contributed by atoms with Gasteiger partial charge in [-0.3, -0.25) is 4.79 Å². The van der Waals surface area contributed by atoms with Crippen LogP contribution < -0.4 is 4.74 Å². The number of carbonyl (C=O) groups is 1. The molecule has 0 heterocycles. The number of hydrogen-bond acceptors (Lipinski definition) is 3. The van der Waals surface area contributed by atoms with E-state index >= 15 is 0 Å². The normalized spacial score (nSPS) is 17.3. The fraction of sp³-hybridized carbons (Fsp3) is 0.457. The molecular weight excluding hydrogens is 484 g/mol. The van der Waals surface area contributed by atoms with Gasteiger partial charge in [0.1, 0.15) is 5.75 Å². The number of aryl methyl sites for hydroxylation is 4. The molecule has 0 bridgehead atoms. The number of hydrogen-bond donors (Lipinski definition) is 2. The van der Waals surface area contributed by atoms with Gasteiger partial charge in [0.2, 0.25) is 0 Å². The van der Waals surface area contributed by atoms with Gasteiger partial charge in [-0.25, -0.2) is 0 Å². The van der Waals surface area contributed by atoms with Crippen LogP contribution in [-0.2, 0) is 24.1 Å². The molecule has 2 N–H and O–H groups in total. The van der Waals surface area contributed by atoms with E-state index < -0.39 is 11.6 Å². The number of aliphatic carboxylic acids is 1. The minimum absolute atomic E-state index is 0.183. The van der Waals surface area contributed by atoms with E-state index in [2.05, 4.69) is 69.3 Å². The van der Waals surface area contributed by atoms with Gasteiger partial charge in [0, 0.05) is 12.3 Å². The highest BCUT2D eigenvalue weighted by Crippen LogP contribution is 2.64. The molecule has 0 aliphatic heterocycles. The summed E-state index contributed by atoms with van der Waals surface area (Å²) in [5.41, 5.74) is 11.1. The third-order valence-electron chi connectivity index (χ3n) is 9.02. The fourth-order valence-electron chi connectivity index (χ4n) is 6.68. The van der Waals surface area contributed by atoms with Crippen molar-refractivity contribution < 1.29 is 19.7 Å². The first-order valence-corrected chi connectivity index (χ1v) is 14.3. The molecule has 1 spiro atoms. The van der Waals surface area contributed by atoms with Crippen LogP contribution in [0.1, 0.15) is 84.4 Å². The van der Waals surface area contributed by atoms with Crippen LogP contribution in [-0.4, -0.2) is 28.4 Å². The summed E-state index contributed by atoms with van der Waals surface area (Å²) in [6.45, 7) is 10.6. The summed E-state index contributed by atoms with van der Waals surface area (Å²) in [6, 6.07) is 17.6. The van der Waals surface area contributed by atoms with Gasteiger partial charge in [-0.2, -0.15) is 0 Å². The van der Waals surface area contributed by atoms with Crippen molar-refractivity contribution in [1.82, 2.24) is 0 Å². The lowest BCUT2D eigenvalue weighted by Gasteiger charge is -2.19. The molecule has 1 atom stereocenters. The average Bonchev–Trinajstić information content (AvgIpc) is 3.55. The van der Waals surface area contributed by atoms with Crippen LogP contribution in [0.3, 0.4) is 0 Å². The standard InChI is InChI=1S/C35H42O4/c1-22-17-28(39-16-15-34(4,5)38)18-23(2)33(22)29-8-6-7-26(24(29)3)11-9-25-10-12-30-27(19-25)21-35(13-14-35)31(30)20-32(36)37/h6-8,10,12,17-19,31,38H,9,11,13-16,20-21H2,1-5H3,(H,36,37). The maximum absolute atomic E-state index is 11.5. The summed E-state index contributed by atoms with van der Waals surface area (Å²) in [5.74, 6) is 0.349. The summed E-state index contributed by atoms with van der Waals surface area (Å²) in [6.07, 6.45) is 6.14. The van der Waals surface area contributed by atoms with Gasteiger partial charge in [-0.05, 0) is 134 Å². The predicted octanol–water partition coefficient (Wildman–Crippen LogP) is 7.50. The number of carboxylic acid groups (broad SMARTS) is 1. The van der Waals surface area contributed by atoms with E-state index in [4.69, 9.17) is 4.74 Å². The minimum Gasteiger partial charge on any atom is -0.493 e. The van der Waals surface area contributed by atoms with Crippen molar-refractivity contribution in [2.75, 3.05) is 6.61 Å². The molecule has 4 nitrogen and oxygen atoms in total. The van der Waals surface area contributed by atoms with Gasteiger partial charge in [0.25, 0.3) is 0 Å². The largest absolute Gasteiger partial charge is 0.493 e. The Labute approximate surface area is 233 Å². The molecule has 206 valence electrons. The summed E-state index contributed by atoms with van der Waals surface area (Å²) in [7, 11) is 0. The van der Waals surface area contributed by atoms with E-state index in [0.717, 1.165) is 37.9 Å². The van der Waals surface area contributed by atoms with Crippen LogP contribution in [0.15, 0.2) is 48.5 Å². The number of rotatable bonds is 10. The highest BCUT2D eigenvalue weighted by atomic mass is 16.5. The third kappa shape index (κ3) is 5.91. The predicted molar refractivity (Wildman–Crippen MR) is 157 cm³/mol. The van der Waals surface area contributed by atoms with Crippen LogP contribution >= 0.6 is 0 Å². The average molecular weight is 527 g/mol. The Kier molecular flexibility index (Phi) is 7.37. The SMILES string of the molecule is Cc1cc(OCCC(C)(C)O)cc(C)c1-c1cccc(CCc2ccc3c(c2)CC2(CC2)C3CC(=O)O)c1C. The summed E-state index contributed by atoms with van der Waals surface area (Å²) >= 11 is 0. The second-order valence-corrected chi connectivity index (χ2v) is 12.7. The highest BCUT2D eigenvalue weighted by molar-refractivity contribution is 5.75. The molecule has 3 aromatic rings. The Morgan fingerprint density at radius 3 is 2.38 bits per heavy atom. The first-order chi connectivity index (χ1) is 18.5. The summed E-state index contributed by atoms with van der Waals surface area (Å²) < 4.78 is 5.96.